The van der Waals surface area contributed by atoms with Gasteiger partial charge in [-0.25, -0.2) is 0 Å². The molecule has 1 atom stereocenters. The molecule has 0 bridgehead atoms. The smallest absolute Gasteiger partial charge is 0.0561 e. The molecule has 1 aliphatic rings. The van der Waals surface area contributed by atoms with Gasteiger partial charge in [0.05, 0.1) is 11.1 Å². The minimum Gasteiger partial charge on any atom is -0.322 e. The zero-order chi connectivity index (χ0) is 11.9. The second kappa shape index (κ2) is 4.13. The van der Waals surface area contributed by atoms with E-state index in [9.17, 15) is 0 Å². The topological polar surface area (TPSA) is 26.0 Å². The molecule has 2 N–H and O–H groups in total. The van der Waals surface area contributed by atoms with E-state index in [0.29, 0.717) is 0 Å². The van der Waals surface area contributed by atoms with Crippen LogP contribution in [0.2, 0.25) is 5.02 Å². The molecule has 17 heavy (non-hydrogen) atoms. The Balaban J connectivity index is 1.97. The summed E-state index contributed by atoms with van der Waals surface area (Å²) in [7, 11) is 0. The molecule has 2 aromatic rings. The summed E-state index contributed by atoms with van der Waals surface area (Å²) >= 11 is 7.85. The molecule has 88 valence electrons. The second-order valence-electron chi connectivity index (χ2n) is 4.63. The van der Waals surface area contributed by atoms with Gasteiger partial charge in [-0.1, -0.05) is 41.9 Å². The Hall–Kier alpha value is -0.830. The number of hydrogen-bond acceptors (Lipinski definition) is 2. The molecule has 1 fully saturated rings. The third-order valence-electron chi connectivity index (χ3n) is 3.66. The van der Waals surface area contributed by atoms with Gasteiger partial charge < -0.3 is 5.73 Å². The van der Waals surface area contributed by atoms with Crippen molar-refractivity contribution in [1.29, 1.82) is 0 Å². The van der Waals surface area contributed by atoms with Gasteiger partial charge in [-0.2, -0.15) is 0 Å². The number of thiophene rings is 1. The zero-order valence-corrected chi connectivity index (χ0v) is 11.0. The van der Waals surface area contributed by atoms with Gasteiger partial charge in [0.1, 0.15) is 0 Å². The lowest BCUT2D eigenvalue weighted by atomic mass is 9.88. The maximum Gasteiger partial charge on any atom is 0.0561 e. The van der Waals surface area contributed by atoms with Gasteiger partial charge in [0.2, 0.25) is 0 Å². The number of halogens is 1. The largest absolute Gasteiger partial charge is 0.322 e. The number of benzene rings is 1. The Bertz CT molecular complexity index is 516. The summed E-state index contributed by atoms with van der Waals surface area (Å²) in [6, 6.07) is 12.5. The molecule has 1 aliphatic carbocycles. The van der Waals surface area contributed by atoms with Crippen LogP contribution in [0.25, 0.3) is 0 Å². The van der Waals surface area contributed by atoms with Gasteiger partial charge in [-0.05, 0) is 29.9 Å². The highest BCUT2D eigenvalue weighted by Gasteiger charge is 2.50. The Morgan fingerprint density at radius 3 is 2.41 bits per heavy atom. The van der Waals surface area contributed by atoms with Crippen molar-refractivity contribution in [1.82, 2.24) is 0 Å². The van der Waals surface area contributed by atoms with Crippen molar-refractivity contribution in [2.75, 3.05) is 0 Å². The third kappa shape index (κ3) is 1.81. The van der Waals surface area contributed by atoms with E-state index < -0.39 is 0 Å². The second-order valence-corrected chi connectivity index (χ2v) is 5.99. The number of hydrogen-bond donors (Lipinski definition) is 1. The molecule has 1 unspecified atom stereocenters. The lowest BCUT2D eigenvalue weighted by molar-refractivity contribution is 0.549. The fourth-order valence-electron chi connectivity index (χ4n) is 2.46. The van der Waals surface area contributed by atoms with Crippen molar-refractivity contribution >= 4 is 22.9 Å². The van der Waals surface area contributed by atoms with Gasteiger partial charge in [0.25, 0.3) is 0 Å². The van der Waals surface area contributed by atoms with E-state index in [4.69, 9.17) is 17.3 Å². The molecule has 1 heterocycles. The van der Waals surface area contributed by atoms with Crippen molar-refractivity contribution in [3.05, 3.63) is 57.2 Å². The van der Waals surface area contributed by atoms with Gasteiger partial charge in [0.15, 0.2) is 0 Å². The standard InChI is InChI=1S/C14H14ClNS/c15-11-6-9-17-12(11)13(16)14(7-8-14)10-4-2-1-3-5-10/h1-6,9,13H,7-8,16H2. The number of rotatable bonds is 3. The van der Waals surface area contributed by atoms with E-state index in [0.717, 1.165) is 22.7 Å². The van der Waals surface area contributed by atoms with Crippen LogP contribution in [-0.4, -0.2) is 0 Å². The van der Waals surface area contributed by atoms with Crippen molar-refractivity contribution in [2.24, 2.45) is 5.73 Å². The predicted molar refractivity (Wildman–Crippen MR) is 73.6 cm³/mol. The molecule has 0 radical (unpaired) electrons. The molecular formula is C14H14ClNS. The molecule has 0 spiro atoms. The number of nitrogens with two attached hydrogens (primary N) is 1. The Morgan fingerprint density at radius 1 is 1.18 bits per heavy atom. The van der Waals surface area contributed by atoms with E-state index in [2.05, 4.69) is 24.3 Å². The fraction of sp³-hybridized carbons (Fsp3) is 0.286. The summed E-state index contributed by atoms with van der Waals surface area (Å²) in [5, 5.41) is 2.82. The zero-order valence-electron chi connectivity index (χ0n) is 9.40. The minimum absolute atomic E-state index is 0.0254. The van der Waals surface area contributed by atoms with Crippen LogP contribution in [0.5, 0.6) is 0 Å². The molecule has 0 aliphatic heterocycles. The average molecular weight is 264 g/mol. The van der Waals surface area contributed by atoms with Crippen LogP contribution < -0.4 is 5.73 Å². The highest BCUT2D eigenvalue weighted by molar-refractivity contribution is 7.10. The van der Waals surface area contributed by atoms with Gasteiger partial charge in [-0.3, -0.25) is 0 Å². The third-order valence-corrected chi connectivity index (χ3v) is 5.10. The molecule has 0 amide bonds. The van der Waals surface area contributed by atoms with E-state index in [1.54, 1.807) is 11.3 Å². The SMILES string of the molecule is NC(c1sccc1Cl)C1(c2ccccc2)CC1. The van der Waals surface area contributed by atoms with Crippen LogP contribution in [0.15, 0.2) is 41.8 Å². The van der Waals surface area contributed by atoms with Crippen LogP contribution in [0.3, 0.4) is 0 Å². The maximum absolute atomic E-state index is 6.44. The van der Waals surface area contributed by atoms with Crippen LogP contribution >= 0.6 is 22.9 Å². The molecule has 0 saturated heterocycles. The Morgan fingerprint density at radius 2 is 1.88 bits per heavy atom. The van der Waals surface area contributed by atoms with E-state index in [1.165, 1.54) is 5.56 Å². The molecule has 1 aromatic carbocycles. The summed E-state index contributed by atoms with van der Waals surface area (Å²) in [5.41, 5.74) is 7.90. The van der Waals surface area contributed by atoms with Gasteiger partial charge in [0, 0.05) is 10.3 Å². The molecule has 3 heteroatoms. The van der Waals surface area contributed by atoms with Crippen molar-refractivity contribution in [3.63, 3.8) is 0 Å². The lowest BCUT2D eigenvalue weighted by Gasteiger charge is -2.23. The van der Waals surface area contributed by atoms with Crippen molar-refractivity contribution < 1.29 is 0 Å². The first-order chi connectivity index (χ1) is 8.24. The minimum atomic E-state index is 0.0254. The average Bonchev–Trinajstić information content (AvgIpc) is 3.07. The summed E-state index contributed by atoms with van der Waals surface area (Å²) in [5.74, 6) is 0. The van der Waals surface area contributed by atoms with Crippen LogP contribution in [0.1, 0.15) is 29.3 Å². The highest BCUT2D eigenvalue weighted by Crippen LogP contribution is 2.56. The molecular weight excluding hydrogens is 250 g/mol. The van der Waals surface area contributed by atoms with Crippen molar-refractivity contribution in [3.8, 4) is 0 Å². The summed E-state index contributed by atoms with van der Waals surface area (Å²) in [6.45, 7) is 0. The van der Waals surface area contributed by atoms with E-state index >= 15 is 0 Å². The van der Waals surface area contributed by atoms with Crippen LogP contribution in [0.4, 0.5) is 0 Å². The monoisotopic (exact) mass is 263 g/mol. The van der Waals surface area contributed by atoms with Gasteiger partial charge >= 0.3 is 0 Å². The van der Waals surface area contributed by atoms with Gasteiger partial charge in [-0.15, -0.1) is 11.3 Å². The molecule has 1 aromatic heterocycles. The molecule has 1 saturated carbocycles. The van der Waals surface area contributed by atoms with Crippen LogP contribution in [-0.2, 0) is 5.41 Å². The van der Waals surface area contributed by atoms with Crippen molar-refractivity contribution in [2.45, 2.75) is 24.3 Å². The predicted octanol–water partition coefficient (Wildman–Crippen LogP) is 4.13. The lowest BCUT2D eigenvalue weighted by Crippen LogP contribution is -2.25. The summed E-state index contributed by atoms with van der Waals surface area (Å²) in [6.07, 6.45) is 2.32. The molecule has 3 rings (SSSR count). The van der Waals surface area contributed by atoms with E-state index in [1.807, 2.05) is 17.5 Å². The highest BCUT2D eigenvalue weighted by atomic mass is 35.5. The quantitative estimate of drug-likeness (QED) is 0.885. The molecule has 1 nitrogen and oxygen atoms in total. The Kier molecular flexibility index (Phi) is 2.74. The first-order valence-corrected chi connectivity index (χ1v) is 7.04. The maximum atomic E-state index is 6.44. The Labute approximate surface area is 110 Å². The first-order valence-electron chi connectivity index (χ1n) is 5.78. The summed E-state index contributed by atoms with van der Waals surface area (Å²) in [4.78, 5) is 1.12. The first kappa shape index (κ1) is 11.3. The fourth-order valence-corrected chi connectivity index (χ4v) is 3.75. The van der Waals surface area contributed by atoms with E-state index in [-0.39, 0.29) is 11.5 Å². The summed E-state index contributed by atoms with van der Waals surface area (Å²) < 4.78 is 0. The normalized spacial score (nSPS) is 18.9. The van der Waals surface area contributed by atoms with Crippen LogP contribution in [0, 0.1) is 0 Å².